The predicted octanol–water partition coefficient (Wildman–Crippen LogP) is 4.95. The van der Waals surface area contributed by atoms with E-state index in [2.05, 4.69) is 0 Å². The molecule has 0 saturated carbocycles. The SMILES string of the molecule is O=c1c(S(=O)(=O)c2cccc(Cl)c2)cn(Cc2cccc(F)c2)c2cc(F)c(F)cc12. The maximum atomic E-state index is 13.9. The molecule has 0 saturated heterocycles. The quantitative estimate of drug-likeness (QED) is 0.430. The first-order valence-corrected chi connectivity index (χ1v) is 10.8. The van der Waals surface area contributed by atoms with Gasteiger partial charge in [-0.25, -0.2) is 21.6 Å². The molecule has 9 heteroatoms. The standard InChI is InChI=1S/C22H13ClF3NO3S/c23-14-4-2-6-16(8-14)31(29,30)21-12-27(11-13-3-1-5-15(24)7-13)20-10-19(26)18(25)9-17(20)22(21)28/h1-10,12H,11H2. The lowest BCUT2D eigenvalue weighted by Crippen LogP contribution is -2.20. The van der Waals surface area contributed by atoms with E-state index in [4.69, 9.17) is 11.6 Å². The number of benzene rings is 3. The van der Waals surface area contributed by atoms with Crippen LogP contribution in [-0.2, 0) is 16.4 Å². The molecule has 31 heavy (non-hydrogen) atoms. The lowest BCUT2D eigenvalue weighted by Gasteiger charge is -2.15. The Morgan fingerprint density at radius 1 is 0.903 bits per heavy atom. The van der Waals surface area contributed by atoms with E-state index in [0.717, 1.165) is 12.3 Å². The van der Waals surface area contributed by atoms with Crippen LogP contribution in [0.3, 0.4) is 0 Å². The van der Waals surface area contributed by atoms with E-state index < -0.39 is 37.6 Å². The van der Waals surface area contributed by atoms with Gasteiger partial charge in [0.1, 0.15) is 10.7 Å². The van der Waals surface area contributed by atoms with Gasteiger partial charge >= 0.3 is 0 Å². The molecule has 0 radical (unpaired) electrons. The fourth-order valence-corrected chi connectivity index (χ4v) is 4.94. The minimum atomic E-state index is -4.34. The summed E-state index contributed by atoms with van der Waals surface area (Å²) in [5, 5.41) is -0.173. The summed E-state index contributed by atoms with van der Waals surface area (Å²) in [5.41, 5.74) is -0.580. The van der Waals surface area contributed by atoms with E-state index in [1.807, 2.05) is 0 Å². The second-order valence-electron chi connectivity index (χ2n) is 6.82. The number of fused-ring (bicyclic) bond motifs is 1. The van der Waals surface area contributed by atoms with Crippen molar-refractivity contribution in [3.05, 3.63) is 105 Å². The van der Waals surface area contributed by atoms with Gasteiger partial charge in [-0.3, -0.25) is 4.79 Å². The summed E-state index contributed by atoms with van der Waals surface area (Å²) in [6.45, 7) is -0.0856. The second-order valence-corrected chi connectivity index (χ2v) is 9.18. The van der Waals surface area contributed by atoms with Crippen LogP contribution in [0.2, 0.25) is 5.02 Å². The lowest BCUT2D eigenvalue weighted by atomic mass is 10.1. The number of nitrogens with zero attached hydrogens (tertiary/aromatic N) is 1. The fourth-order valence-electron chi connectivity index (χ4n) is 3.27. The summed E-state index contributed by atoms with van der Waals surface area (Å²) in [5.74, 6) is -3.02. The Bertz CT molecular complexity index is 1500. The van der Waals surface area contributed by atoms with Crippen LogP contribution >= 0.6 is 11.6 Å². The van der Waals surface area contributed by atoms with Crippen molar-refractivity contribution in [3.8, 4) is 0 Å². The van der Waals surface area contributed by atoms with E-state index in [1.165, 1.54) is 47.0 Å². The Morgan fingerprint density at radius 3 is 2.32 bits per heavy atom. The zero-order chi connectivity index (χ0) is 22.3. The highest BCUT2D eigenvalue weighted by Gasteiger charge is 2.25. The van der Waals surface area contributed by atoms with Crippen molar-refractivity contribution in [2.24, 2.45) is 0 Å². The molecule has 1 aromatic heterocycles. The number of sulfone groups is 1. The Labute approximate surface area is 180 Å². The molecule has 0 amide bonds. The number of halogens is 4. The zero-order valence-corrected chi connectivity index (χ0v) is 17.2. The van der Waals surface area contributed by atoms with Gasteiger partial charge in [0.25, 0.3) is 0 Å². The van der Waals surface area contributed by atoms with Gasteiger partial charge < -0.3 is 4.57 Å². The van der Waals surface area contributed by atoms with Crippen LogP contribution in [0.25, 0.3) is 10.9 Å². The van der Waals surface area contributed by atoms with Crippen LogP contribution in [0.5, 0.6) is 0 Å². The van der Waals surface area contributed by atoms with Crippen LogP contribution in [0, 0.1) is 17.5 Å². The molecule has 4 aromatic rings. The van der Waals surface area contributed by atoms with Crippen LogP contribution < -0.4 is 5.43 Å². The topological polar surface area (TPSA) is 56.1 Å². The fraction of sp³-hybridized carbons (Fsp3) is 0.0455. The Balaban J connectivity index is 2.02. The average molecular weight is 464 g/mol. The highest BCUT2D eigenvalue weighted by atomic mass is 35.5. The van der Waals surface area contributed by atoms with Gasteiger partial charge in [0.15, 0.2) is 11.6 Å². The number of rotatable bonds is 4. The Kier molecular flexibility index (Phi) is 5.36. The van der Waals surface area contributed by atoms with Gasteiger partial charge in [-0.15, -0.1) is 0 Å². The van der Waals surface area contributed by atoms with Crippen molar-refractivity contribution in [1.82, 2.24) is 4.57 Å². The summed E-state index contributed by atoms with van der Waals surface area (Å²) in [4.78, 5) is 12.1. The molecular weight excluding hydrogens is 451 g/mol. The molecule has 0 unspecified atom stereocenters. The highest BCUT2D eigenvalue weighted by Crippen LogP contribution is 2.25. The summed E-state index contributed by atoms with van der Waals surface area (Å²) in [7, 11) is -4.34. The van der Waals surface area contributed by atoms with Gasteiger partial charge in [-0.05, 0) is 42.0 Å². The maximum Gasteiger partial charge on any atom is 0.211 e. The van der Waals surface area contributed by atoms with Crippen LogP contribution in [0.4, 0.5) is 13.2 Å². The smallest absolute Gasteiger partial charge is 0.211 e. The first-order valence-electron chi connectivity index (χ1n) is 8.94. The van der Waals surface area contributed by atoms with Crippen molar-refractivity contribution >= 4 is 32.3 Å². The normalized spacial score (nSPS) is 11.7. The number of aromatic nitrogens is 1. The van der Waals surface area contributed by atoms with E-state index in [9.17, 15) is 26.4 Å². The molecule has 4 rings (SSSR count). The lowest BCUT2D eigenvalue weighted by molar-refractivity contribution is 0.510. The third-order valence-corrected chi connectivity index (χ3v) is 6.71. The molecule has 0 fully saturated rings. The van der Waals surface area contributed by atoms with Crippen LogP contribution in [0.15, 0.2) is 81.4 Å². The predicted molar refractivity (Wildman–Crippen MR) is 111 cm³/mol. The van der Waals surface area contributed by atoms with Gasteiger partial charge in [-0.1, -0.05) is 29.8 Å². The summed E-state index contributed by atoms with van der Waals surface area (Å²) in [6, 6.07) is 12.3. The average Bonchev–Trinajstić information content (AvgIpc) is 2.71. The minimum Gasteiger partial charge on any atom is -0.341 e. The first kappa shape index (κ1) is 21.1. The zero-order valence-electron chi connectivity index (χ0n) is 15.7. The maximum absolute atomic E-state index is 13.9. The summed E-state index contributed by atoms with van der Waals surface area (Å²) < 4.78 is 69.0. The molecule has 3 aromatic carbocycles. The minimum absolute atomic E-state index is 0.0294. The summed E-state index contributed by atoms with van der Waals surface area (Å²) >= 11 is 5.89. The molecular formula is C22H13ClF3NO3S. The number of hydrogen-bond donors (Lipinski definition) is 0. The largest absolute Gasteiger partial charge is 0.341 e. The van der Waals surface area contributed by atoms with Crippen molar-refractivity contribution in [3.63, 3.8) is 0 Å². The molecule has 0 aliphatic rings. The second kappa shape index (κ2) is 7.86. The van der Waals surface area contributed by atoms with Crippen molar-refractivity contribution in [2.45, 2.75) is 16.3 Å². The van der Waals surface area contributed by atoms with E-state index in [0.29, 0.717) is 11.6 Å². The molecule has 1 heterocycles. The number of pyridine rings is 1. The third-order valence-electron chi connectivity index (χ3n) is 4.73. The van der Waals surface area contributed by atoms with E-state index >= 15 is 0 Å². The van der Waals surface area contributed by atoms with Crippen LogP contribution in [-0.4, -0.2) is 13.0 Å². The molecule has 0 aliphatic heterocycles. The molecule has 0 atom stereocenters. The van der Waals surface area contributed by atoms with E-state index in [-0.39, 0.29) is 27.4 Å². The monoisotopic (exact) mass is 463 g/mol. The molecule has 0 bridgehead atoms. The van der Waals surface area contributed by atoms with Crippen molar-refractivity contribution < 1.29 is 21.6 Å². The van der Waals surface area contributed by atoms with Gasteiger partial charge in [-0.2, -0.15) is 0 Å². The summed E-state index contributed by atoms with van der Waals surface area (Å²) in [6.07, 6.45) is 1.04. The van der Waals surface area contributed by atoms with Crippen molar-refractivity contribution in [1.29, 1.82) is 0 Å². The van der Waals surface area contributed by atoms with Gasteiger partial charge in [0.2, 0.25) is 15.3 Å². The Morgan fingerprint density at radius 2 is 1.61 bits per heavy atom. The molecule has 0 aliphatic carbocycles. The first-order chi connectivity index (χ1) is 14.7. The molecule has 0 spiro atoms. The van der Waals surface area contributed by atoms with Crippen molar-refractivity contribution in [2.75, 3.05) is 0 Å². The molecule has 4 nitrogen and oxygen atoms in total. The van der Waals surface area contributed by atoms with Crippen LogP contribution in [0.1, 0.15) is 5.56 Å². The molecule has 158 valence electrons. The van der Waals surface area contributed by atoms with E-state index in [1.54, 1.807) is 6.07 Å². The van der Waals surface area contributed by atoms with Gasteiger partial charge in [0, 0.05) is 23.8 Å². The third kappa shape index (κ3) is 3.96. The van der Waals surface area contributed by atoms with Gasteiger partial charge in [0.05, 0.1) is 15.8 Å². The highest BCUT2D eigenvalue weighted by molar-refractivity contribution is 7.91. The number of hydrogen-bond acceptors (Lipinski definition) is 3. The Hall–Kier alpha value is -3.10. The molecule has 0 N–H and O–H groups in total.